The molecule has 1 atom stereocenters. The average Bonchev–Trinajstić information content (AvgIpc) is 2.99. The van der Waals surface area contributed by atoms with Gasteiger partial charge in [0.25, 0.3) is 5.69 Å². The number of amides is 1. The van der Waals surface area contributed by atoms with Crippen molar-refractivity contribution < 1.29 is 29.2 Å². The number of nitro benzene ring substituents is 1. The topological polar surface area (TPSA) is 142 Å². The van der Waals surface area contributed by atoms with Gasteiger partial charge in [-0.05, 0) is 63.9 Å². The lowest BCUT2D eigenvalue weighted by atomic mass is 9.72. The van der Waals surface area contributed by atoms with E-state index in [2.05, 4.69) is 10.2 Å². The summed E-state index contributed by atoms with van der Waals surface area (Å²) in [5.41, 5.74) is 2.34. The number of esters is 1. The Morgan fingerprint density at radius 1 is 1.12 bits per heavy atom. The van der Waals surface area contributed by atoms with Crippen molar-refractivity contribution in [2.24, 2.45) is 0 Å². The largest absolute Gasteiger partial charge is 0.478 e. The second-order valence-corrected chi connectivity index (χ2v) is 10.7. The van der Waals surface area contributed by atoms with Gasteiger partial charge >= 0.3 is 11.9 Å². The van der Waals surface area contributed by atoms with Crippen LogP contribution in [0.1, 0.15) is 50.2 Å². The standard InChI is InChI=1S/C31H36N4O7/c1-21-26(29(37)38)27(23-10-12-25(13-11-23)35(40)41)28(22(2)32-21)34(20-36)17-7-16-33-18-14-31(15-19-33,30(39)42-3)24-8-5-4-6-9-24/h4-6,8-13,20,27,32H,7,14-19H2,1-3H3,(H,37,38). The van der Waals surface area contributed by atoms with E-state index in [1.54, 1.807) is 13.8 Å². The number of carboxylic acid groups (broad SMARTS) is 1. The number of likely N-dealkylation sites (tertiary alicyclic amines) is 1. The van der Waals surface area contributed by atoms with E-state index in [0.29, 0.717) is 74.5 Å². The van der Waals surface area contributed by atoms with E-state index < -0.39 is 22.2 Å². The zero-order chi connectivity index (χ0) is 30.4. The smallest absolute Gasteiger partial charge is 0.334 e. The molecule has 222 valence electrons. The van der Waals surface area contributed by atoms with Gasteiger partial charge in [0.05, 0.1) is 34.6 Å². The summed E-state index contributed by atoms with van der Waals surface area (Å²) in [6.45, 7) is 5.83. The van der Waals surface area contributed by atoms with Crippen LogP contribution in [0.15, 0.2) is 77.3 Å². The van der Waals surface area contributed by atoms with Gasteiger partial charge in [-0.3, -0.25) is 19.7 Å². The lowest BCUT2D eigenvalue weighted by molar-refractivity contribution is -0.384. The molecular formula is C31H36N4O7. The number of nitrogens with one attached hydrogen (secondary N) is 1. The molecule has 2 aliphatic rings. The molecule has 2 aromatic carbocycles. The summed E-state index contributed by atoms with van der Waals surface area (Å²) in [5, 5.41) is 24.4. The molecule has 1 saturated heterocycles. The summed E-state index contributed by atoms with van der Waals surface area (Å²) < 4.78 is 5.19. The Hall–Kier alpha value is -4.51. The molecule has 42 heavy (non-hydrogen) atoms. The number of aliphatic carboxylic acids is 1. The normalized spacial score (nSPS) is 18.7. The number of carboxylic acids is 1. The van der Waals surface area contributed by atoms with Crippen molar-refractivity contribution in [3.8, 4) is 0 Å². The number of carbonyl (C=O) groups excluding carboxylic acids is 2. The highest BCUT2D eigenvalue weighted by Crippen LogP contribution is 2.40. The molecule has 0 radical (unpaired) electrons. The fourth-order valence-corrected chi connectivity index (χ4v) is 6.18. The zero-order valence-electron chi connectivity index (χ0n) is 24.0. The number of rotatable bonds is 11. The van der Waals surface area contributed by atoms with Crippen molar-refractivity contribution in [2.75, 3.05) is 33.3 Å². The summed E-state index contributed by atoms with van der Waals surface area (Å²) in [7, 11) is 1.42. The van der Waals surface area contributed by atoms with Gasteiger partial charge in [0.15, 0.2) is 0 Å². The maximum Gasteiger partial charge on any atom is 0.334 e. The van der Waals surface area contributed by atoms with Crippen molar-refractivity contribution >= 4 is 24.0 Å². The minimum Gasteiger partial charge on any atom is -0.478 e. The van der Waals surface area contributed by atoms with Crippen molar-refractivity contribution in [1.82, 2.24) is 15.1 Å². The van der Waals surface area contributed by atoms with Crippen LogP contribution >= 0.6 is 0 Å². The molecule has 0 spiro atoms. The Morgan fingerprint density at radius 2 is 1.76 bits per heavy atom. The maximum absolute atomic E-state index is 12.9. The first-order chi connectivity index (χ1) is 20.1. The number of benzene rings is 2. The van der Waals surface area contributed by atoms with E-state index in [0.717, 1.165) is 5.56 Å². The van der Waals surface area contributed by atoms with E-state index in [4.69, 9.17) is 4.74 Å². The number of carbonyl (C=O) groups is 3. The number of allylic oxidation sites excluding steroid dienone is 3. The van der Waals surface area contributed by atoms with Crippen LogP contribution < -0.4 is 5.32 Å². The van der Waals surface area contributed by atoms with Crippen LogP contribution in [0.5, 0.6) is 0 Å². The van der Waals surface area contributed by atoms with Gasteiger partial charge in [0, 0.05) is 30.1 Å². The lowest BCUT2D eigenvalue weighted by Crippen LogP contribution is -2.48. The van der Waals surface area contributed by atoms with E-state index in [1.165, 1.54) is 36.3 Å². The van der Waals surface area contributed by atoms with Gasteiger partial charge in [-0.15, -0.1) is 0 Å². The first kappa shape index (κ1) is 30.4. The fourth-order valence-electron chi connectivity index (χ4n) is 6.18. The SMILES string of the molecule is COC(=O)C1(c2ccccc2)CCN(CCCN(C=O)C2=C(C)NC(C)=C(C(=O)O)C2c2ccc([N+](=O)[O-])cc2)CC1. The molecule has 0 aromatic heterocycles. The second kappa shape index (κ2) is 13.0. The highest BCUT2D eigenvalue weighted by molar-refractivity contribution is 5.91. The summed E-state index contributed by atoms with van der Waals surface area (Å²) in [4.78, 5) is 52.1. The number of hydrogen-bond acceptors (Lipinski definition) is 8. The number of non-ortho nitro benzene ring substituents is 1. The fraction of sp³-hybridized carbons (Fsp3) is 0.387. The number of ether oxygens (including phenoxy) is 1. The third kappa shape index (κ3) is 6.06. The minimum absolute atomic E-state index is 0.0763. The van der Waals surface area contributed by atoms with Crippen molar-refractivity contribution in [1.29, 1.82) is 0 Å². The maximum atomic E-state index is 12.9. The minimum atomic E-state index is -1.14. The van der Waals surface area contributed by atoms with Gasteiger partial charge in [-0.2, -0.15) is 0 Å². The third-order valence-corrected chi connectivity index (χ3v) is 8.32. The van der Waals surface area contributed by atoms with E-state index in [9.17, 15) is 29.6 Å². The molecule has 11 heteroatoms. The number of hydrogen-bond donors (Lipinski definition) is 2. The van der Waals surface area contributed by atoms with E-state index >= 15 is 0 Å². The van der Waals surface area contributed by atoms with Crippen molar-refractivity contribution in [2.45, 2.75) is 44.4 Å². The Labute approximate surface area is 244 Å². The number of nitrogens with zero attached hydrogens (tertiary/aromatic N) is 3. The summed E-state index contributed by atoms with van der Waals surface area (Å²) in [6, 6.07) is 15.4. The molecule has 0 bridgehead atoms. The first-order valence-corrected chi connectivity index (χ1v) is 13.9. The Balaban J connectivity index is 1.49. The van der Waals surface area contributed by atoms with Gasteiger partial charge in [-0.1, -0.05) is 42.5 Å². The van der Waals surface area contributed by atoms with E-state index in [1.807, 2.05) is 30.3 Å². The summed E-state index contributed by atoms with van der Waals surface area (Å²) in [5.74, 6) is -2.17. The molecule has 2 N–H and O–H groups in total. The molecule has 1 fully saturated rings. The van der Waals surface area contributed by atoms with E-state index in [-0.39, 0.29) is 17.2 Å². The predicted octanol–water partition coefficient (Wildman–Crippen LogP) is 3.93. The lowest BCUT2D eigenvalue weighted by Gasteiger charge is -2.40. The molecule has 1 amide bonds. The van der Waals surface area contributed by atoms with Gasteiger partial charge in [0.1, 0.15) is 0 Å². The van der Waals surface area contributed by atoms with Crippen LogP contribution in [0.4, 0.5) is 5.69 Å². The number of methoxy groups -OCH3 is 1. The molecule has 11 nitrogen and oxygen atoms in total. The molecule has 2 heterocycles. The van der Waals surface area contributed by atoms with Gasteiger partial charge in [0.2, 0.25) is 6.41 Å². The highest BCUT2D eigenvalue weighted by atomic mass is 16.6. The Morgan fingerprint density at radius 3 is 2.31 bits per heavy atom. The zero-order valence-corrected chi connectivity index (χ0v) is 24.0. The van der Waals surface area contributed by atoms with Crippen LogP contribution in [0.25, 0.3) is 0 Å². The summed E-state index contributed by atoms with van der Waals surface area (Å²) in [6.07, 6.45) is 2.55. The highest BCUT2D eigenvalue weighted by Gasteiger charge is 2.44. The van der Waals surface area contributed by atoms with Crippen molar-refractivity contribution in [3.63, 3.8) is 0 Å². The monoisotopic (exact) mass is 576 g/mol. The van der Waals surface area contributed by atoms with Crippen LogP contribution in [-0.4, -0.2) is 71.5 Å². The molecule has 0 saturated carbocycles. The number of nitro groups is 1. The van der Waals surface area contributed by atoms with Crippen LogP contribution in [0.2, 0.25) is 0 Å². The Bertz CT molecular complexity index is 1390. The molecule has 4 rings (SSSR count). The quantitative estimate of drug-likeness (QED) is 0.176. The van der Waals surface area contributed by atoms with Crippen LogP contribution in [0, 0.1) is 10.1 Å². The molecule has 2 aliphatic heterocycles. The third-order valence-electron chi connectivity index (χ3n) is 8.32. The number of piperidine rings is 1. The molecule has 2 aromatic rings. The second-order valence-electron chi connectivity index (χ2n) is 10.7. The van der Waals surface area contributed by atoms with Crippen molar-refractivity contribution in [3.05, 3.63) is 98.5 Å². The number of dihydropyridines is 1. The Kier molecular flexibility index (Phi) is 9.41. The summed E-state index contributed by atoms with van der Waals surface area (Å²) >= 11 is 0. The van der Waals surface area contributed by atoms with Crippen LogP contribution in [-0.2, 0) is 24.5 Å². The first-order valence-electron chi connectivity index (χ1n) is 13.9. The van der Waals surface area contributed by atoms with Gasteiger partial charge in [-0.25, -0.2) is 4.79 Å². The van der Waals surface area contributed by atoms with Gasteiger partial charge < -0.3 is 25.0 Å². The van der Waals surface area contributed by atoms with Crippen LogP contribution in [0.3, 0.4) is 0 Å². The molecule has 0 aliphatic carbocycles. The molecular weight excluding hydrogens is 540 g/mol. The molecule has 1 unspecified atom stereocenters. The average molecular weight is 577 g/mol. The predicted molar refractivity (Wildman–Crippen MR) is 155 cm³/mol.